The molecule has 0 atom stereocenters. The number of pyridine rings is 1. The molecule has 2 heteroatoms. The van der Waals surface area contributed by atoms with Gasteiger partial charge < -0.3 is 0 Å². The Kier molecular flexibility index (Phi) is 4.23. The van der Waals surface area contributed by atoms with Gasteiger partial charge in [-0.2, -0.15) is 0 Å². The number of unbranched alkanes of at least 4 members (excludes halogenated alkanes) is 1. The first-order valence-corrected chi connectivity index (χ1v) is 5.26. The molecule has 0 aromatic carbocycles. The molecule has 1 heterocycles. The van der Waals surface area contributed by atoms with Crippen LogP contribution in [-0.4, -0.2) is 10.9 Å². The monoisotopic (exact) mass is 197 g/mol. The largest absolute Gasteiger partial charge is 0.258 e. The molecule has 0 unspecified atom stereocenters. The molecule has 0 aliphatic heterocycles. The van der Waals surface area contributed by atoms with E-state index in [9.17, 15) is 0 Å². The Morgan fingerprint density at radius 1 is 1.15 bits per heavy atom. The molecule has 13 heavy (non-hydrogen) atoms. The molecule has 72 valence electrons. The van der Waals surface area contributed by atoms with Crippen LogP contribution in [0.15, 0.2) is 12.1 Å². The lowest BCUT2D eigenvalue weighted by Gasteiger charge is -2.03. The van der Waals surface area contributed by atoms with Crippen molar-refractivity contribution in [1.29, 1.82) is 0 Å². The lowest BCUT2D eigenvalue weighted by molar-refractivity contribution is 0.796. The minimum Gasteiger partial charge on any atom is -0.258 e. The topological polar surface area (TPSA) is 12.9 Å². The molecule has 0 fully saturated rings. The molecule has 0 spiro atoms. The van der Waals surface area contributed by atoms with Gasteiger partial charge in [-0.15, -0.1) is 11.6 Å². The van der Waals surface area contributed by atoms with Crippen LogP contribution in [0.4, 0.5) is 0 Å². The molecule has 0 saturated carbocycles. The third-order valence-corrected chi connectivity index (χ3v) is 2.26. The second-order valence-corrected chi connectivity index (χ2v) is 3.78. The van der Waals surface area contributed by atoms with Crippen LogP contribution in [0.3, 0.4) is 0 Å². The zero-order chi connectivity index (χ0) is 9.68. The van der Waals surface area contributed by atoms with Gasteiger partial charge in [-0.25, -0.2) is 0 Å². The van der Waals surface area contributed by atoms with E-state index in [1.165, 1.54) is 12.0 Å². The van der Waals surface area contributed by atoms with E-state index in [4.69, 9.17) is 11.6 Å². The summed E-state index contributed by atoms with van der Waals surface area (Å²) >= 11 is 5.62. The van der Waals surface area contributed by atoms with Crippen LogP contribution >= 0.6 is 11.6 Å². The highest BCUT2D eigenvalue weighted by atomic mass is 35.5. The summed E-state index contributed by atoms with van der Waals surface area (Å²) < 4.78 is 0. The number of rotatable bonds is 4. The molecular weight excluding hydrogens is 182 g/mol. The van der Waals surface area contributed by atoms with Crippen molar-refractivity contribution in [3.63, 3.8) is 0 Å². The fourth-order valence-electron chi connectivity index (χ4n) is 1.49. The summed E-state index contributed by atoms with van der Waals surface area (Å²) in [4.78, 5) is 4.34. The maximum absolute atomic E-state index is 5.62. The normalized spacial score (nSPS) is 10.4. The maximum atomic E-state index is 5.62. The Balaban J connectivity index is 2.56. The first kappa shape index (κ1) is 10.5. The van der Waals surface area contributed by atoms with E-state index < -0.39 is 0 Å². The Bertz CT molecular complexity index is 251. The van der Waals surface area contributed by atoms with E-state index >= 15 is 0 Å². The van der Waals surface area contributed by atoms with Crippen molar-refractivity contribution in [2.75, 3.05) is 5.88 Å². The quantitative estimate of drug-likeness (QED) is 0.534. The third kappa shape index (κ3) is 3.77. The molecule has 0 N–H and O–H groups in total. The molecule has 1 nitrogen and oxygen atoms in total. The molecule has 1 aromatic heterocycles. The van der Waals surface area contributed by atoms with Gasteiger partial charge in [0.25, 0.3) is 0 Å². The van der Waals surface area contributed by atoms with E-state index in [0.29, 0.717) is 0 Å². The number of aryl methyl sites for hydroxylation is 3. The third-order valence-electron chi connectivity index (χ3n) is 1.99. The van der Waals surface area contributed by atoms with Crippen molar-refractivity contribution in [3.05, 3.63) is 29.1 Å². The summed E-state index contributed by atoms with van der Waals surface area (Å²) in [5, 5.41) is 0. The zero-order valence-electron chi connectivity index (χ0n) is 8.31. The maximum Gasteiger partial charge on any atom is 0.0378 e. The number of alkyl halides is 1. The first-order chi connectivity index (χ1) is 6.22. The average Bonchev–Trinajstić information content (AvgIpc) is 2.03. The molecule has 1 rings (SSSR count). The number of aromatic nitrogens is 1. The van der Waals surface area contributed by atoms with Gasteiger partial charge in [0.15, 0.2) is 0 Å². The molecule has 0 aliphatic rings. The fourth-order valence-corrected chi connectivity index (χ4v) is 1.68. The predicted molar refractivity (Wildman–Crippen MR) is 57.4 cm³/mol. The fraction of sp³-hybridized carbons (Fsp3) is 0.545. The minimum atomic E-state index is 0.767. The van der Waals surface area contributed by atoms with Gasteiger partial charge in [-0.1, -0.05) is 0 Å². The van der Waals surface area contributed by atoms with Crippen molar-refractivity contribution in [2.24, 2.45) is 0 Å². The summed E-state index contributed by atoms with van der Waals surface area (Å²) in [5.41, 5.74) is 3.61. The van der Waals surface area contributed by atoms with Crippen LogP contribution in [0.25, 0.3) is 0 Å². The molecule has 0 amide bonds. The average molecular weight is 198 g/mol. The molecule has 0 radical (unpaired) electrons. The lowest BCUT2D eigenvalue weighted by atomic mass is 10.1. The van der Waals surface area contributed by atoms with Gasteiger partial charge in [0.2, 0.25) is 0 Å². The van der Waals surface area contributed by atoms with Crippen molar-refractivity contribution in [1.82, 2.24) is 4.98 Å². The Labute approximate surface area is 85.1 Å². The summed E-state index contributed by atoms with van der Waals surface area (Å²) in [6.45, 7) is 4.08. The van der Waals surface area contributed by atoms with E-state index in [1.54, 1.807) is 0 Å². The number of nitrogens with zero attached hydrogens (tertiary/aromatic N) is 1. The van der Waals surface area contributed by atoms with Crippen LogP contribution in [0.5, 0.6) is 0 Å². The Morgan fingerprint density at radius 3 is 2.31 bits per heavy atom. The number of hydrogen-bond donors (Lipinski definition) is 0. The Hall–Kier alpha value is -0.560. The molecule has 0 aliphatic carbocycles. The highest BCUT2D eigenvalue weighted by Crippen LogP contribution is 2.08. The van der Waals surface area contributed by atoms with Crippen molar-refractivity contribution >= 4 is 11.6 Å². The van der Waals surface area contributed by atoms with Crippen molar-refractivity contribution in [3.8, 4) is 0 Å². The summed E-state index contributed by atoms with van der Waals surface area (Å²) in [7, 11) is 0. The second-order valence-electron chi connectivity index (χ2n) is 3.40. The molecule has 0 bridgehead atoms. The van der Waals surface area contributed by atoms with Gasteiger partial charge >= 0.3 is 0 Å². The van der Waals surface area contributed by atoms with Crippen LogP contribution in [0.2, 0.25) is 0 Å². The number of halogens is 1. The van der Waals surface area contributed by atoms with Gasteiger partial charge in [-0.3, -0.25) is 4.98 Å². The summed E-state index contributed by atoms with van der Waals surface area (Å²) in [6, 6.07) is 4.31. The lowest BCUT2D eigenvalue weighted by Crippen LogP contribution is -1.92. The van der Waals surface area contributed by atoms with Crippen molar-refractivity contribution < 1.29 is 0 Å². The standard InChI is InChI=1S/C11H16ClN/c1-9-7-11(5-3-4-6-12)8-10(2)13-9/h7-8H,3-6H2,1-2H3. The van der Waals surface area contributed by atoms with Crippen LogP contribution in [0.1, 0.15) is 29.8 Å². The van der Waals surface area contributed by atoms with Gasteiger partial charge in [0.05, 0.1) is 0 Å². The predicted octanol–water partition coefficient (Wildman–Crippen LogP) is 3.26. The van der Waals surface area contributed by atoms with Crippen molar-refractivity contribution in [2.45, 2.75) is 33.1 Å². The molecule has 0 saturated heterocycles. The SMILES string of the molecule is Cc1cc(CCCCCl)cc(C)n1. The van der Waals surface area contributed by atoms with E-state index in [1.807, 2.05) is 13.8 Å². The first-order valence-electron chi connectivity index (χ1n) is 4.72. The summed E-state index contributed by atoms with van der Waals surface area (Å²) in [5.74, 6) is 0.767. The van der Waals surface area contributed by atoms with E-state index in [0.717, 1.165) is 30.1 Å². The van der Waals surface area contributed by atoms with Crippen LogP contribution in [-0.2, 0) is 6.42 Å². The van der Waals surface area contributed by atoms with Gasteiger partial charge in [0.1, 0.15) is 0 Å². The summed E-state index contributed by atoms with van der Waals surface area (Å²) in [6.07, 6.45) is 3.39. The zero-order valence-corrected chi connectivity index (χ0v) is 9.06. The minimum absolute atomic E-state index is 0.767. The smallest absolute Gasteiger partial charge is 0.0378 e. The highest BCUT2D eigenvalue weighted by Gasteiger charge is 1.96. The van der Waals surface area contributed by atoms with E-state index in [2.05, 4.69) is 17.1 Å². The molecular formula is C11H16ClN. The molecule has 1 aromatic rings. The van der Waals surface area contributed by atoms with E-state index in [-0.39, 0.29) is 0 Å². The highest BCUT2D eigenvalue weighted by molar-refractivity contribution is 6.17. The van der Waals surface area contributed by atoms with Crippen LogP contribution < -0.4 is 0 Å². The van der Waals surface area contributed by atoms with Gasteiger partial charge in [-0.05, 0) is 50.8 Å². The van der Waals surface area contributed by atoms with Crippen LogP contribution in [0, 0.1) is 13.8 Å². The van der Waals surface area contributed by atoms with Gasteiger partial charge in [0, 0.05) is 17.3 Å². The second kappa shape index (κ2) is 5.23. The Morgan fingerprint density at radius 2 is 1.77 bits per heavy atom. The number of hydrogen-bond acceptors (Lipinski definition) is 1.